The van der Waals surface area contributed by atoms with Crippen molar-refractivity contribution in [3.05, 3.63) is 83.7 Å². The van der Waals surface area contributed by atoms with Gasteiger partial charge in [-0.25, -0.2) is 4.98 Å². The van der Waals surface area contributed by atoms with Crippen LogP contribution < -0.4 is 4.74 Å². The second-order valence-electron chi connectivity index (χ2n) is 6.59. The Morgan fingerprint density at radius 2 is 1.93 bits per heavy atom. The summed E-state index contributed by atoms with van der Waals surface area (Å²) >= 11 is 0. The lowest BCUT2D eigenvalue weighted by atomic mass is 10.1. The molecular formula is C22H16N4O. The number of hydrogen-bond acceptors (Lipinski definition) is 4. The van der Waals surface area contributed by atoms with E-state index in [4.69, 9.17) is 4.74 Å². The van der Waals surface area contributed by atoms with E-state index in [1.165, 1.54) is 17.3 Å². The van der Waals surface area contributed by atoms with Crippen LogP contribution in [-0.4, -0.2) is 14.5 Å². The van der Waals surface area contributed by atoms with E-state index in [-0.39, 0.29) is 6.10 Å². The van der Waals surface area contributed by atoms with Crippen LogP contribution in [0, 0.1) is 11.3 Å². The molecule has 2 aromatic heterocycles. The van der Waals surface area contributed by atoms with Gasteiger partial charge in [-0.05, 0) is 36.1 Å². The van der Waals surface area contributed by atoms with Gasteiger partial charge in [0.15, 0.2) is 0 Å². The van der Waals surface area contributed by atoms with E-state index in [1.54, 1.807) is 0 Å². The summed E-state index contributed by atoms with van der Waals surface area (Å²) in [5, 5.41) is 10.6. The van der Waals surface area contributed by atoms with Gasteiger partial charge in [-0.1, -0.05) is 42.5 Å². The highest BCUT2D eigenvalue weighted by atomic mass is 16.5. The van der Waals surface area contributed by atoms with Crippen LogP contribution in [-0.2, 0) is 6.42 Å². The van der Waals surface area contributed by atoms with Gasteiger partial charge >= 0.3 is 0 Å². The molecule has 27 heavy (non-hydrogen) atoms. The summed E-state index contributed by atoms with van der Waals surface area (Å²) in [7, 11) is 0. The van der Waals surface area contributed by atoms with Gasteiger partial charge in [0.2, 0.25) is 11.8 Å². The van der Waals surface area contributed by atoms with Crippen molar-refractivity contribution in [3.8, 4) is 17.9 Å². The molecule has 2 aromatic carbocycles. The smallest absolute Gasteiger partial charge is 0.237 e. The standard InChI is InChI=1S/C22H16N4O/c23-13-17-14-24-22(26-12-11-16-6-2-4-8-19(16)26)25-21(17)27-20-10-9-15-5-1-3-7-18(15)20/h1-8,11-12,14,20H,9-10H2. The van der Waals surface area contributed by atoms with Crippen LogP contribution in [0.1, 0.15) is 29.2 Å². The minimum Gasteiger partial charge on any atom is -0.468 e. The fraction of sp³-hybridized carbons (Fsp3) is 0.136. The Balaban J connectivity index is 1.55. The molecule has 5 rings (SSSR count). The minimum atomic E-state index is -0.0857. The van der Waals surface area contributed by atoms with Crippen molar-refractivity contribution < 1.29 is 4.74 Å². The molecule has 0 saturated heterocycles. The third-order valence-corrected chi connectivity index (χ3v) is 5.01. The fourth-order valence-corrected chi connectivity index (χ4v) is 3.67. The molecular weight excluding hydrogens is 336 g/mol. The Morgan fingerprint density at radius 3 is 2.85 bits per heavy atom. The number of ether oxygens (including phenoxy) is 1. The number of fused-ring (bicyclic) bond motifs is 2. The van der Waals surface area contributed by atoms with Crippen LogP contribution in [0.5, 0.6) is 5.88 Å². The second kappa shape index (κ2) is 6.26. The van der Waals surface area contributed by atoms with E-state index in [9.17, 15) is 5.26 Å². The molecule has 2 heterocycles. The zero-order chi connectivity index (χ0) is 18.2. The highest BCUT2D eigenvalue weighted by Gasteiger charge is 2.25. The van der Waals surface area contributed by atoms with Gasteiger partial charge < -0.3 is 4.74 Å². The van der Waals surface area contributed by atoms with Crippen LogP contribution >= 0.6 is 0 Å². The summed E-state index contributed by atoms with van der Waals surface area (Å²) in [6, 6.07) is 20.5. The maximum Gasteiger partial charge on any atom is 0.237 e. The highest BCUT2D eigenvalue weighted by Crippen LogP contribution is 2.35. The molecule has 0 amide bonds. The van der Waals surface area contributed by atoms with E-state index in [2.05, 4.69) is 28.2 Å². The van der Waals surface area contributed by atoms with E-state index < -0.39 is 0 Å². The lowest BCUT2D eigenvalue weighted by Crippen LogP contribution is -2.09. The number of benzene rings is 2. The average molecular weight is 352 g/mol. The predicted molar refractivity (Wildman–Crippen MR) is 102 cm³/mol. The lowest BCUT2D eigenvalue weighted by Gasteiger charge is -2.15. The Morgan fingerprint density at radius 1 is 1.07 bits per heavy atom. The number of nitriles is 1. The maximum absolute atomic E-state index is 9.46. The number of aryl methyl sites for hydroxylation is 1. The van der Waals surface area contributed by atoms with Crippen molar-refractivity contribution in [2.24, 2.45) is 0 Å². The monoisotopic (exact) mass is 352 g/mol. The maximum atomic E-state index is 9.46. The zero-order valence-electron chi connectivity index (χ0n) is 14.5. The molecule has 0 saturated carbocycles. The van der Waals surface area contributed by atoms with Gasteiger partial charge in [0, 0.05) is 11.6 Å². The summed E-state index contributed by atoms with van der Waals surface area (Å²) in [4.78, 5) is 8.95. The first-order valence-corrected chi connectivity index (χ1v) is 8.91. The zero-order valence-corrected chi connectivity index (χ0v) is 14.5. The van der Waals surface area contributed by atoms with Crippen molar-refractivity contribution in [1.82, 2.24) is 14.5 Å². The summed E-state index contributed by atoms with van der Waals surface area (Å²) < 4.78 is 8.10. The first-order chi connectivity index (χ1) is 13.3. The molecule has 5 nitrogen and oxygen atoms in total. The van der Waals surface area contributed by atoms with Crippen LogP contribution in [0.4, 0.5) is 0 Å². The van der Waals surface area contributed by atoms with Gasteiger partial charge in [0.25, 0.3) is 0 Å². The Bertz CT molecular complexity index is 1190. The molecule has 0 spiro atoms. The SMILES string of the molecule is N#Cc1cnc(-n2ccc3ccccc32)nc1OC1CCc2ccccc21. The van der Waals surface area contributed by atoms with Crippen LogP contribution in [0.2, 0.25) is 0 Å². The number of rotatable bonds is 3. The second-order valence-corrected chi connectivity index (χ2v) is 6.59. The van der Waals surface area contributed by atoms with Gasteiger partial charge in [-0.3, -0.25) is 4.57 Å². The molecule has 5 heteroatoms. The largest absolute Gasteiger partial charge is 0.468 e. The van der Waals surface area contributed by atoms with Gasteiger partial charge in [0.05, 0.1) is 11.7 Å². The molecule has 1 aliphatic carbocycles. The molecule has 0 fully saturated rings. The van der Waals surface area contributed by atoms with Crippen molar-refractivity contribution in [3.63, 3.8) is 0 Å². The molecule has 1 atom stereocenters. The third kappa shape index (κ3) is 2.63. The summed E-state index contributed by atoms with van der Waals surface area (Å²) in [6.45, 7) is 0. The van der Waals surface area contributed by atoms with Crippen LogP contribution in [0.25, 0.3) is 16.9 Å². The van der Waals surface area contributed by atoms with Crippen LogP contribution in [0.3, 0.4) is 0 Å². The van der Waals surface area contributed by atoms with Gasteiger partial charge in [-0.15, -0.1) is 0 Å². The quantitative estimate of drug-likeness (QED) is 0.549. The predicted octanol–water partition coefficient (Wildman–Crippen LogP) is 4.36. The van der Waals surface area contributed by atoms with Crippen molar-refractivity contribution >= 4 is 10.9 Å². The number of hydrogen-bond donors (Lipinski definition) is 0. The van der Waals surface area contributed by atoms with Crippen molar-refractivity contribution in [2.75, 3.05) is 0 Å². The summed E-state index contributed by atoms with van der Waals surface area (Å²) in [5.41, 5.74) is 3.83. The normalized spacial score (nSPS) is 15.4. The molecule has 130 valence electrons. The first-order valence-electron chi connectivity index (χ1n) is 8.91. The Kier molecular flexibility index (Phi) is 3.61. The average Bonchev–Trinajstić information content (AvgIpc) is 3.33. The molecule has 4 aromatic rings. The number of nitrogens with zero attached hydrogens (tertiary/aromatic N) is 4. The van der Waals surface area contributed by atoms with Gasteiger partial charge in [-0.2, -0.15) is 10.2 Å². The van der Waals surface area contributed by atoms with Gasteiger partial charge in [0.1, 0.15) is 17.7 Å². The van der Waals surface area contributed by atoms with E-state index in [1.807, 2.05) is 53.2 Å². The Hall–Kier alpha value is -3.65. The van der Waals surface area contributed by atoms with Crippen molar-refractivity contribution in [2.45, 2.75) is 18.9 Å². The van der Waals surface area contributed by atoms with Crippen LogP contribution in [0.15, 0.2) is 67.0 Å². The highest BCUT2D eigenvalue weighted by molar-refractivity contribution is 5.81. The fourth-order valence-electron chi connectivity index (χ4n) is 3.67. The summed E-state index contributed by atoms with van der Waals surface area (Å²) in [5.74, 6) is 0.832. The molecule has 0 aliphatic heterocycles. The molecule has 1 unspecified atom stereocenters. The van der Waals surface area contributed by atoms with E-state index >= 15 is 0 Å². The topological polar surface area (TPSA) is 63.7 Å². The van der Waals surface area contributed by atoms with E-state index in [0.717, 1.165) is 23.7 Å². The van der Waals surface area contributed by atoms with E-state index in [0.29, 0.717) is 17.4 Å². The molecule has 0 N–H and O–H groups in total. The van der Waals surface area contributed by atoms with Crippen molar-refractivity contribution in [1.29, 1.82) is 5.26 Å². The number of para-hydroxylation sites is 1. The molecule has 1 aliphatic rings. The summed E-state index contributed by atoms with van der Waals surface area (Å²) in [6.07, 6.45) is 5.24. The molecule has 0 radical (unpaired) electrons. The third-order valence-electron chi connectivity index (χ3n) is 5.01. The Labute approximate surface area is 156 Å². The lowest BCUT2D eigenvalue weighted by molar-refractivity contribution is 0.198. The first kappa shape index (κ1) is 15.6. The molecule has 0 bridgehead atoms. The number of aromatic nitrogens is 3. The minimum absolute atomic E-state index is 0.0857.